The van der Waals surface area contributed by atoms with Crippen molar-refractivity contribution in [2.24, 2.45) is 0 Å². The molecule has 0 amide bonds. The molecule has 0 N–H and O–H groups in total. The second-order valence-corrected chi connectivity index (χ2v) is 5.53. The Balaban J connectivity index is 1.57. The van der Waals surface area contributed by atoms with Crippen LogP contribution < -0.4 is 0 Å². The maximum Gasteiger partial charge on any atom is 0.128 e. The highest BCUT2D eigenvalue weighted by Gasteiger charge is 2.07. The summed E-state index contributed by atoms with van der Waals surface area (Å²) < 4.78 is 17.3. The molecular formula is C19H15FN4. The van der Waals surface area contributed by atoms with Gasteiger partial charge in [0.2, 0.25) is 0 Å². The van der Waals surface area contributed by atoms with Crippen LogP contribution in [0.2, 0.25) is 0 Å². The standard InChI is InChI=1S/C19H15FN4/c20-19-9-5-4-6-15(19)12-23-13-16(10-21-23)17-11-22-24(14-17)18-7-2-1-3-8-18/h1-11,13-14H,12H2. The van der Waals surface area contributed by atoms with Crippen LogP contribution in [0.25, 0.3) is 16.8 Å². The van der Waals surface area contributed by atoms with Gasteiger partial charge < -0.3 is 0 Å². The van der Waals surface area contributed by atoms with E-state index in [2.05, 4.69) is 10.2 Å². The topological polar surface area (TPSA) is 35.6 Å². The van der Waals surface area contributed by atoms with Gasteiger partial charge >= 0.3 is 0 Å². The summed E-state index contributed by atoms with van der Waals surface area (Å²) in [5.74, 6) is -0.216. The monoisotopic (exact) mass is 318 g/mol. The third-order valence-electron chi connectivity index (χ3n) is 3.86. The quantitative estimate of drug-likeness (QED) is 0.572. The molecule has 2 heterocycles. The smallest absolute Gasteiger partial charge is 0.128 e. The number of hydrogen-bond acceptors (Lipinski definition) is 2. The van der Waals surface area contributed by atoms with Crippen LogP contribution in [0.5, 0.6) is 0 Å². The number of halogens is 1. The van der Waals surface area contributed by atoms with Gasteiger partial charge in [0.15, 0.2) is 0 Å². The fraction of sp³-hybridized carbons (Fsp3) is 0.0526. The van der Waals surface area contributed by atoms with E-state index in [0.29, 0.717) is 12.1 Å². The molecule has 0 bridgehead atoms. The molecule has 0 saturated carbocycles. The summed E-state index contributed by atoms with van der Waals surface area (Å²) in [7, 11) is 0. The summed E-state index contributed by atoms with van der Waals surface area (Å²) in [6, 6.07) is 16.7. The molecule has 118 valence electrons. The number of para-hydroxylation sites is 1. The van der Waals surface area contributed by atoms with Crippen LogP contribution in [0.3, 0.4) is 0 Å². The zero-order valence-corrected chi connectivity index (χ0v) is 12.9. The largest absolute Gasteiger partial charge is 0.268 e. The summed E-state index contributed by atoms with van der Waals surface area (Å²) in [6.07, 6.45) is 7.43. The van der Waals surface area contributed by atoms with Gasteiger partial charge in [0.1, 0.15) is 5.82 Å². The highest BCUT2D eigenvalue weighted by molar-refractivity contribution is 5.60. The van der Waals surface area contributed by atoms with E-state index in [0.717, 1.165) is 16.8 Å². The van der Waals surface area contributed by atoms with Gasteiger partial charge in [-0.25, -0.2) is 9.07 Å². The Morgan fingerprint density at radius 1 is 0.792 bits per heavy atom. The highest BCUT2D eigenvalue weighted by Crippen LogP contribution is 2.20. The fourth-order valence-corrected chi connectivity index (χ4v) is 2.59. The predicted octanol–water partition coefficient (Wildman–Crippen LogP) is 3.92. The van der Waals surface area contributed by atoms with Crippen molar-refractivity contribution in [3.05, 3.63) is 90.8 Å². The zero-order valence-electron chi connectivity index (χ0n) is 12.9. The van der Waals surface area contributed by atoms with E-state index in [-0.39, 0.29) is 5.82 Å². The average Bonchev–Trinajstić information content (AvgIpc) is 3.27. The Morgan fingerprint density at radius 3 is 2.33 bits per heavy atom. The number of hydrogen-bond donors (Lipinski definition) is 0. The van der Waals surface area contributed by atoms with Crippen LogP contribution in [0, 0.1) is 5.82 Å². The zero-order chi connectivity index (χ0) is 16.4. The van der Waals surface area contributed by atoms with Crippen molar-refractivity contribution >= 4 is 0 Å². The molecule has 0 spiro atoms. The normalized spacial score (nSPS) is 10.9. The predicted molar refractivity (Wildman–Crippen MR) is 90.3 cm³/mol. The number of aromatic nitrogens is 4. The number of nitrogens with zero attached hydrogens (tertiary/aromatic N) is 4. The lowest BCUT2D eigenvalue weighted by Gasteiger charge is -2.02. The van der Waals surface area contributed by atoms with Crippen molar-refractivity contribution in [1.82, 2.24) is 19.6 Å². The molecule has 5 heteroatoms. The third-order valence-corrected chi connectivity index (χ3v) is 3.86. The summed E-state index contributed by atoms with van der Waals surface area (Å²) in [4.78, 5) is 0. The van der Waals surface area contributed by atoms with Gasteiger partial charge in [0.05, 0.1) is 24.6 Å². The van der Waals surface area contributed by atoms with E-state index in [9.17, 15) is 4.39 Å². The van der Waals surface area contributed by atoms with Gasteiger partial charge in [-0.3, -0.25) is 4.68 Å². The first-order chi connectivity index (χ1) is 11.8. The van der Waals surface area contributed by atoms with Gasteiger partial charge in [0, 0.05) is 29.1 Å². The van der Waals surface area contributed by atoms with Crippen molar-refractivity contribution in [3.63, 3.8) is 0 Å². The van der Waals surface area contributed by atoms with Gasteiger partial charge in [0.25, 0.3) is 0 Å². The maximum absolute atomic E-state index is 13.7. The molecule has 0 saturated heterocycles. The molecule has 0 fully saturated rings. The van der Waals surface area contributed by atoms with Crippen LogP contribution in [0.15, 0.2) is 79.4 Å². The average molecular weight is 318 g/mol. The van der Waals surface area contributed by atoms with Gasteiger partial charge in [-0.05, 0) is 18.2 Å². The minimum absolute atomic E-state index is 0.216. The number of benzene rings is 2. The molecule has 2 aromatic heterocycles. The minimum Gasteiger partial charge on any atom is -0.268 e. The maximum atomic E-state index is 13.7. The molecule has 0 atom stereocenters. The number of rotatable bonds is 4. The molecule has 2 aromatic carbocycles. The SMILES string of the molecule is Fc1ccccc1Cn1cc(-c2cnn(-c3ccccc3)c2)cn1. The second kappa shape index (κ2) is 6.12. The van der Waals surface area contributed by atoms with Gasteiger partial charge in [-0.1, -0.05) is 36.4 Å². The van der Waals surface area contributed by atoms with Crippen LogP contribution in [0.1, 0.15) is 5.56 Å². The lowest BCUT2D eigenvalue weighted by atomic mass is 10.2. The van der Waals surface area contributed by atoms with E-state index in [1.807, 2.05) is 53.5 Å². The summed E-state index contributed by atoms with van der Waals surface area (Å²) >= 11 is 0. The van der Waals surface area contributed by atoms with E-state index in [1.54, 1.807) is 29.2 Å². The van der Waals surface area contributed by atoms with Crippen LogP contribution >= 0.6 is 0 Å². The summed E-state index contributed by atoms with van der Waals surface area (Å²) in [6.45, 7) is 0.402. The molecule has 0 aliphatic carbocycles. The van der Waals surface area contributed by atoms with Gasteiger partial charge in [-0.15, -0.1) is 0 Å². The molecule has 0 aliphatic heterocycles. The lowest BCUT2D eigenvalue weighted by Crippen LogP contribution is -2.01. The fourth-order valence-electron chi connectivity index (χ4n) is 2.59. The third kappa shape index (κ3) is 2.84. The first-order valence-corrected chi connectivity index (χ1v) is 7.66. The van der Waals surface area contributed by atoms with Gasteiger partial charge in [-0.2, -0.15) is 10.2 Å². The molecule has 0 radical (unpaired) electrons. The van der Waals surface area contributed by atoms with Crippen molar-refractivity contribution < 1.29 is 4.39 Å². The lowest BCUT2D eigenvalue weighted by molar-refractivity contribution is 0.585. The Morgan fingerprint density at radius 2 is 1.50 bits per heavy atom. The molecule has 24 heavy (non-hydrogen) atoms. The Bertz CT molecular complexity index is 956. The Kier molecular flexibility index (Phi) is 3.67. The first kappa shape index (κ1) is 14.4. The van der Waals surface area contributed by atoms with Crippen LogP contribution in [-0.2, 0) is 6.54 Å². The molecule has 0 unspecified atom stereocenters. The van der Waals surface area contributed by atoms with E-state index in [1.165, 1.54) is 6.07 Å². The van der Waals surface area contributed by atoms with Crippen molar-refractivity contribution in [1.29, 1.82) is 0 Å². The molecule has 0 aliphatic rings. The Labute approximate surface area is 138 Å². The summed E-state index contributed by atoms with van der Waals surface area (Å²) in [5.41, 5.74) is 3.54. The van der Waals surface area contributed by atoms with Crippen molar-refractivity contribution in [2.75, 3.05) is 0 Å². The Hall–Kier alpha value is -3.21. The minimum atomic E-state index is -0.216. The second-order valence-electron chi connectivity index (χ2n) is 5.53. The molecule has 4 nitrogen and oxygen atoms in total. The van der Waals surface area contributed by atoms with E-state index >= 15 is 0 Å². The molecular weight excluding hydrogens is 303 g/mol. The van der Waals surface area contributed by atoms with Crippen LogP contribution in [0.4, 0.5) is 4.39 Å². The van der Waals surface area contributed by atoms with E-state index in [4.69, 9.17) is 0 Å². The van der Waals surface area contributed by atoms with Crippen molar-refractivity contribution in [3.8, 4) is 16.8 Å². The first-order valence-electron chi connectivity index (χ1n) is 7.66. The van der Waals surface area contributed by atoms with Crippen LogP contribution in [-0.4, -0.2) is 19.6 Å². The molecule has 4 rings (SSSR count). The van der Waals surface area contributed by atoms with E-state index < -0.39 is 0 Å². The van der Waals surface area contributed by atoms with Crippen molar-refractivity contribution in [2.45, 2.75) is 6.54 Å². The molecule has 4 aromatic rings. The summed E-state index contributed by atoms with van der Waals surface area (Å²) in [5, 5.41) is 8.71. The highest BCUT2D eigenvalue weighted by atomic mass is 19.1.